The second-order valence-corrected chi connectivity index (χ2v) is 8.90. The third-order valence-corrected chi connectivity index (χ3v) is 6.55. The SMILES string of the molecule is CN(C)C(=O)c1nc(-c2ccccc2)n2c1C[C@@H]1CC[C@H](C2)N1C(=O)COc1ccccc1. The Kier molecular flexibility index (Phi) is 5.62. The molecule has 1 aromatic heterocycles. The number of rotatable bonds is 5. The van der Waals surface area contributed by atoms with Crippen LogP contribution in [0.15, 0.2) is 60.7 Å². The average molecular weight is 445 g/mol. The molecule has 2 aromatic carbocycles. The van der Waals surface area contributed by atoms with Crippen molar-refractivity contribution in [3.8, 4) is 17.1 Å². The maximum atomic E-state index is 13.2. The first-order chi connectivity index (χ1) is 16.0. The van der Waals surface area contributed by atoms with Crippen molar-refractivity contribution in [2.24, 2.45) is 0 Å². The Morgan fingerprint density at radius 3 is 2.36 bits per heavy atom. The van der Waals surface area contributed by atoms with Crippen molar-refractivity contribution in [2.45, 2.75) is 37.9 Å². The third-order valence-electron chi connectivity index (χ3n) is 6.55. The van der Waals surface area contributed by atoms with Crippen LogP contribution in [0, 0.1) is 0 Å². The number of hydrogen-bond acceptors (Lipinski definition) is 4. The van der Waals surface area contributed by atoms with E-state index in [0.717, 1.165) is 29.9 Å². The molecule has 2 bridgehead atoms. The van der Waals surface area contributed by atoms with E-state index in [2.05, 4.69) is 4.57 Å². The number of carbonyl (C=O) groups is 2. The van der Waals surface area contributed by atoms with Crippen LogP contribution < -0.4 is 4.74 Å². The fraction of sp³-hybridized carbons (Fsp3) is 0.346. The van der Waals surface area contributed by atoms with Gasteiger partial charge in [0, 0.05) is 38.7 Å². The van der Waals surface area contributed by atoms with Gasteiger partial charge in [-0.15, -0.1) is 0 Å². The molecule has 1 fully saturated rings. The molecule has 0 radical (unpaired) electrons. The Morgan fingerprint density at radius 2 is 1.67 bits per heavy atom. The lowest BCUT2D eigenvalue weighted by molar-refractivity contribution is -0.136. The van der Waals surface area contributed by atoms with Crippen LogP contribution >= 0.6 is 0 Å². The van der Waals surface area contributed by atoms with Gasteiger partial charge in [-0.1, -0.05) is 48.5 Å². The largest absolute Gasteiger partial charge is 0.484 e. The maximum Gasteiger partial charge on any atom is 0.273 e. The van der Waals surface area contributed by atoms with E-state index in [1.54, 1.807) is 19.0 Å². The summed E-state index contributed by atoms with van der Waals surface area (Å²) in [6.45, 7) is 0.639. The van der Waals surface area contributed by atoms with E-state index >= 15 is 0 Å². The molecular weight excluding hydrogens is 416 g/mol. The number of fused-ring (bicyclic) bond motifs is 3. The van der Waals surface area contributed by atoms with Crippen LogP contribution in [0.5, 0.6) is 5.75 Å². The number of ether oxygens (including phenoxy) is 1. The van der Waals surface area contributed by atoms with Crippen LogP contribution in [0.1, 0.15) is 29.0 Å². The van der Waals surface area contributed by atoms with Crippen LogP contribution in [0.3, 0.4) is 0 Å². The van der Waals surface area contributed by atoms with Gasteiger partial charge in [-0.3, -0.25) is 9.59 Å². The van der Waals surface area contributed by atoms with Crippen molar-refractivity contribution < 1.29 is 14.3 Å². The van der Waals surface area contributed by atoms with Crippen molar-refractivity contribution in [2.75, 3.05) is 20.7 Å². The van der Waals surface area contributed by atoms with Gasteiger partial charge in [0.2, 0.25) is 0 Å². The van der Waals surface area contributed by atoms with Crippen LogP contribution in [-0.2, 0) is 17.8 Å². The Hall–Kier alpha value is -3.61. The number of carbonyl (C=O) groups excluding carboxylic acids is 2. The van der Waals surface area contributed by atoms with Crippen LogP contribution in [0.25, 0.3) is 11.4 Å². The quantitative estimate of drug-likeness (QED) is 0.606. The summed E-state index contributed by atoms with van der Waals surface area (Å²) < 4.78 is 7.92. The zero-order valence-corrected chi connectivity index (χ0v) is 19.0. The Balaban J connectivity index is 1.46. The van der Waals surface area contributed by atoms with Crippen molar-refractivity contribution in [3.05, 3.63) is 72.1 Å². The van der Waals surface area contributed by atoms with Gasteiger partial charge in [-0.2, -0.15) is 0 Å². The highest BCUT2D eigenvalue weighted by molar-refractivity contribution is 5.94. The molecule has 7 heteroatoms. The van der Waals surface area contributed by atoms with Crippen molar-refractivity contribution >= 4 is 11.8 Å². The number of amides is 2. The lowest BCUT2D eigenvalue weighted by Crippen LogP contribution is -2.44. The smallest absolute Gasteiger partial charge is 0.273 e. The highest BCUT2D eigenvalue weighted by Crippen LogP contribution is 2.36. The lowest BCUT2D eigenvalue weighted by Gasteiger charge is -2.28. The van der Waals surface area contributed by atoms with Crippen LogP contribution in [-0.4, -0.2) is 64.0 Å². The Labute approximate surface area is 193 Å². The fourth-order valence-corrected chi connectivity index (χ4v) is 5.00. The van der Waals surface area contributed by atoms with E-state index in [0.29, 0.717) is 24.4 Å². The number of nitrogens with zero attached hydrogens (tertiary/aromatic N) is 4. The number of para-hydroxylation sites is 1. The summed E-state index contributed by atoms with van der Waals surface area (Å²) in [6, 6.07) is 19.5. The molecule has 0 spiro atoms. The number of benzene rings is 2. The first-order valence-electron chi connectivity index (χ1n) is 11.4. The van der Waals surface area contributed by atoms with E-state index in [1.807, 2.05) is 65.6 Å². The molecule has 0 N–H and O–H groups in total. The van der Waals surface area contributed by atoms with E-state index in [1.165, 1.54) is 0 Å². The molecule has 170 valence electrons. The van der Waals surface area contributed by atoms with Gasteiger partial charge >= 0.3 is 0 Å². The van der Waals surface area contributed by atoms with Gasteiger partial charge in [0.25, 0.3) is 11.8 Å². The molecule has 1 saturated heterocycles. The molecule has 2 atom stereocenters. The standard InChI is InChI=1S/C26H28N4O3/c1-28(2)26(32)24-22-15-19-13-14-20(16-29(22)25(27-24)18-9-5-3-6-10-18)30(19)23(31)17-33-21-11-7-4-8-12-21/h3-12,19-20H,13-17H2,1-2H3/t19-,20+/m0/s1. The molecule has 2 amide bonds. The summed E-state index contributed by atoms with van der Waals surface area (Å²) in [5, 5.41) is 0. The van der Waals surface area contributed by atoms with E-state index in [9.17, 15) is 9.59 Å². The van der Waals surface area contributed by atoms with E-state index < -0.39 is 0 Å². The third kappa shape index (κ3) is 3.99. The predicted molar refractivity (Wildman–Crippen MR) is 125 cm³/mol. The topological polar surface area (TPSA) is 67.7 Å². The zero-order valence-electron chi connectivity index (χ0n) is 19.0. The molecule has 33 heavy (non-hydrogen) atoms. The van der Waals surface area contributed by atoms with Gasteiger partial charge < -0.3 is 19.1 Å². The van der Waals surface area contributed by atoms with Crippen LogP contribution in [0.2, 0.25) is 0 Å². The maximum absolute atomic E-state index is 13.2. The van der Waals surface area contributed by atoms with Gasteiger partial charge in [-0.25, -0.2) is 4.98 Å². The molecule has 7 nitrogen and oxygen atoms in total. The highest BCUT2D eigenvalue weighted by Gasteiger charge is 2.42. The average Bonchev–Trinajstić information content (AvgIpc) is 3.34. The molecule has 3 heterocycles. The molecule has 0 unspecified atom stereocenters. The first-order valence-corrected chi connectivity index (χ1v) is 11.4. The molecule has 3 aromatic rings. The summed E-state index contributed by atoms with van der Waals surface area (Å²) in [7, 11) is 3.49. The van der Waals surface area contributed by atoms with Gasteiger partial charge in [0.15, 0.2) is 6.61 Å². The fourth-order valence-electron chi connectivity index (χ4n) is 5.00. The molecule has 0 saturated carbocycles. The highest BCUT2D eigenvalue weighted by atomic mass is 16.5. The number of aromatic nitrogens is 2. The van der Waals surface area contributed by atoms with Crippen molar-refractivity contribution in [1.82, 2.24) is 19.4 Å². The summed E-state index contributed by atoms with van der Waals surface area (Å²) >= 11 is 0. The minimum absolute atomic E-state index is 0.00758. The normalized spacial score (nSPS) is 19.0. The van der Waals surface area contributed by atoms with Crippen molar-refractivity contribution in [1.29, 1.82) is 0 Å². The summed E-state index contributed by atoms with van der Waals surface area (Å²) in [4.78, 5) is 34.6. The number of hydrogen-bond donors (Lipinski definition) is 0. The summed E-state index contributed by atoms with van der Waals surface area (Å²) in [6.07, 6.45) is 2.47. The van der Waals surface area contributed by atoms with Gasteiger partial charge in [0.05, 0.1) is 11.7 Å². The summed E-state index contributed by atoms with van der Waals surface area (Å²) in [5.74, 6) is 1.36. The molecule has 5 rings (SSSR count). The number of imidazole rings is 1. The minimum Gasteiger partial charge on any atom is -0.484 e. The van der Waals surface area contributed by atoms with Gasteiger partial charge in [-0.05, 0) is 25.0 Å². The molecular formula is C26H28N4O3. The van der Waals surface area contributed by atoms with E-state index in [-0.39, 0.29) is 30.5 Å². The lowest BCUT2D eigenvalue weighted by atomic mass is 10.1. The monoisotopic (exact) mass is 444 g/mol. The van der Waals surface area contributed by atoms with Crippen molar-refractivity contribution in [3.63, 3.8) is 0 Å². The van der Waals surface area contributed by atoms with Crippen LogP contribution in [0.4, 0.5) is 0 Å². The van der Waals surface area contributed by atoms with Gasteiger partial charge in [0.1, 0.15) is 17.3 Å². The predicted octanol–water partition coefficient (Wildman–Crippen LogP) is 3.25. The first kappa shape index (κ1) is 21.2. The molecule has 0 aliphatic carbocycles. The Bertz CT molecular complexity index is 1160. The molecule has 2 aliphatic rings. The second kappa shape index (κ2) is 8.73. The molecule has 2 aliphatic heterocycles. The van der Waals surface area contributed by atoms with E-state index in [4.69, 9.17) is 9.72 Å². The minimum atomic E-state index is -0.107. The summed E-state index contributed by atoms with van der Waals surface area (Å²) in [5.41, 5.74) is 2.38. The Morgan fingerprint density at radius 1 is 1.00 bits per heavy atom. The zero-order chi connectivity index (χ0) is 22.9. The second-order valence-electron chi connectivity index (χ2n) is 8.90.